The molecule has 71 heavy (non-hydrogen) atoms. The van der Waals surface area contributed by atoms with Crippen molar-refractivity contribution in [2.45, 2.75) is 242 Å². The molecule has 0 aromatic heterocycles. The highest BCUT2D eigenvalue weighted by molar-refractivity contribution is 7.80. The van der Waals surface area contributed by atoms with Gasteiger partial charge in [0.2, 0.25) is 35.4 Å². The summed E-state index contributed by atoms with van der Waals surface area (Å²) in [5.74, 6) is -4.73. The van der Waals surface area contributed by atoms with Gasteiger partial charge in [-0.3, -0.25) is 28.8 Å². The molecule has 6 amide bonds. The zero-order valence-corrected chi connectivity index (χ0v) is 44.7. The molecule has 0 heterocycles. The van der Waals surface area contributed by atoms with Crippen molar-refractivity contribution in [1.82, 2.24) is 31.9 Å². The van der Waals surface area contributed by atoms with Gasteiger partial charge in [0.05, 0.1) is 0 Å². The number of carbonyl (C=O) groups is 7. The lowest BCUT2D eigenvalue weighted by Gasteiger charge is -2.27. The van der Waals surface area contributed by atoms with Crippen molar-refractivity contribution >= 4 is 54.0 Å². The maximum atomic E-state index is 14.1. The number of hydrogen-bond donors (Lipinski definition) is 13. The summed E-state index contributed by atoms with van der Waals surface area (Å²) >= 11 is 4.34. The van der Waals surface area contributed by atoms with E-state index in [0.717, 1.165) is 19.3 Å². The van der Waals surface area contributed by atoms with Crippen molar-refractivity contribution in [2.24, 2.45) is 28.7 Å². The average molecular weight is 1030 g/mol. The maximum absolute atomic E-state index is 14.1. The Kier molecular flexibility index (Phi) is 43.9. The molecule has 0 fully saturated rings. The highest BCUT2D eigenvalue weighted by Crippen LogP contribution is 2.15. The highest BCUT2D eigenvalue weighted by Gasteiger charge is 2.33. The molecular formula is C51H101N11O8S. The van der Waals surface area contributed by atoms with Gasteiger partial charge in [-0.25, -0.2) is 4.79 Å². The van der Waals surface area contributed by atoms with Crippen LogP contribution in [0.15, 0.2) is 0 Å². The fraction of sp³-hybridized carbons (Fsp3) is 0.863. The van der Waals surface area contributed by atoms with Crippen molar-refractivity contribution in [3.8, 4) is 0 Å². The van der Waals surface area contributed by atoms with Gasteiger partial charge in [-0.05, 0) is 135 Å². The number of thiol groups is 1. The average Bonchev–Trinajstić information content (AvgIpc) is 3.35. The fourth-order valence-electron chi connectivity index (χ4n) is 8.28. The zero-order valence-electron chi connectivity index (χ0n) is 43.8. The summed E-state index contributed by atoms with van der Waals surface area (Å²) in [6.07, 6.45) is 24.4. The molecule has 0 aliphatic carbocycles. The Labute approximate surface area is 432 Å². The molecule has 0 aliphatic heterocycles. The highest BCUT2D eigenvalue weighted by atomic mass is 32.1. The summed E-state index contributed by atoms with van der Waals surface area (Å²) in [5.41, 5.74) is 28.6. The molecule has 414 valence electrons. The normalized spacial score (nSPS) is 13.8. The zero-order chi connectivity index (χ0) is 52.9. The minimum Gasteiger partial charge on any atom is -0.480 e. The second kappa shape index (κ2) is 46.2. The summed E-state index contributed by atoms with van der Waals surface area (Å²) in [6, 6.07) is -6.71. The first-order valence-electron chi connectivity index (χ1n) is 27.5. The van der Waals surface area contributed by atoms with Crippen LogP contribution in [-0.2, 0) is 33.6 Å². The van der Waals surface area contributed by atoms with E-state index < -0.39 is 71.8 Å². The van der Waals surface area contributed by atoms with Gasteiger partial charge in [0.25, 0.3) is 0 Å². The standard InChI is InChI=1S/C51H101N11O8S/c1-2-3-4-5-6-7-8-9-10-11-12-13-14-15-16-32-45(63)57-44(38-71)50(68)61-41(29-19-24-35-54)48(66)59-39(27-17-22-33-52)46(64)58-40(28-18-23-34-53)47(65)60-42(30-20-25-36-55)49(67)62-43(51(69)70)31-21-26-37-56/h39-44,71H,2-38,52-56H2,1H3,(H,57,63)(H,58,64)(H,59,66)(H,60,65)(H,61,68)(H,62,67)(H,69,70)/t39-,40-,41-,42-,43-,44-/m0/s1. The van der Waals surface area contributed by atoms with E-state index in [1.165, 1.54) is 70.6 Å². The Morgan fingerprint density at radius 2 is 0.606 bits per heavy atom. The Morgan fingerprint density at radius 3 is 0.873 bits per heavy atom. The van der Waals surface area contributed by atoms with E-state index in [2.05, 4.69) is 51.5 Å². The second-order valence-electron chi connectivity index (χ2n) is 19.1. The van der Waals surface area contributed by atoms with Gasteiger partial charge in [-0.15, -0.1) is 0 Å². The number of carboxylic acid groups (broad SMARTS) is 1. The van der Waals surface area contributed by atoms with Crippen molar-refractivity contribution in [3.63, 3.8) is 0 Å². The lowest BCUT2D eigenvalue weighted by Crippen LogP contribution is -2.59. The first kappa shape index (κ1) is 67.4. The SMILES string of the molecule is CCCCCCCCCCCCCCCCCC(=O)N[C@@H](CS)C(=O)N[C@@H](CCCCN)C(=O)N[C@@H](CCCCN)C(=O)N[C@@H](CCCCN)C(=O)N[C@@H](CCCCN)C(=O)N[C@@H](CCCCN)C(=O)O. The van der Waals surface area contributed by atoms with Gasteiger partial charge in [0.1, 0.15) is 36.3 Å². The largest absolute Gasteiger partial charge is 0.480 e. The van der Waals surface area contributed by atoms with E-state index in [0.29, 0.717) is 103 Å². The number of nitrogens with two attached hydrogens (primary N) is 5. The quantitative estimate of drug-likeness (QED) is 0.0305. The third-order valence-electron chi connectivity index (χ3n) is 12.7. The lowest BCUT2D eigenvalue weighted by atomic mass is 10.0. The Balaban J connectivity index is 5.80. The maximum Gasteiger partial charge on any atom is 0.326 e. The molecule has 19 nitrogen and oxygen atoms in total. The summed E-state index contributed by atoms with van der Waals surface area (Å²) in [6.45, 7) is 3.99. The van der Waals surface area contributed by atoms with Gasteiger partial charge in [-0.2, -0.15) is 12.6 Å². The number of unbranched alkanes of at least 4 members (excludes halogenated alkanes) is 19. The summed E-state index contributed by atoms with van der Waals surface area (Å²) in [4.78, 5) is 94.3. The molecule has 0 unspecified atom stereocenters. The third kappa shape index (κ3) is 35.3. The van der Waals surface area contributed by atoms with Crippen LogP contribution in [0, 0.1) is 0 Å². The van der Waals surface area contributed by atoms with Crippen molar-refractivity contribution in [3.05, 3.63) is 0 Å². The molecule has 6 atom stereocenters. The van der Waals surface area contributed by atoms with Crippen LogP contribution in [-0.4, -0.2) is 121 Å². The van der Waals surface area contributed by atoms with Gasteiger partial charge in [0, 0.05) is 12.2 Å². The van der Waals surface area contributed by atoms with E-state index in [9.17, 15) is 38.7 Å². The summed E-state index contributed by atoms with van der Waals surface area (Å²) < 4.78 is 0. The number of nitrogens with one attached hydrogen (secondary N) is 6. The molecular weight excluding hydrogens is 927 g/mol. The first-order chi connectivity index (χ1) is 34.3. The van der Waals surface area contributed by atoms with Crippen molar-refractivity contribution in [2.75, 3.05) is 38.5 Å². The first-order valence-corrected chi connectivity index (χ1v) is 28.1. The van der Waals surface area contributed by atoms with E-state index in [1.54, 1.807) is 0 Å². The monoisotopic (exact) mass is 1030 g/mol. The molecule has 0 bridgehead atoms. The molecule has 0 aliphatic rings. The van der Waals surface area contributed by atoms with Crippen molar-refractivity contribution in [1.29, 1.82) is 0 Å². The predicted molar refractivity (Wildman–Crippen MR) is 287 cm³/mol. The van der Waals surface area contributed by atoms with Crippen LogP contribution < -0.4 is 60.6 Å². The summed E-state index contributed by atoms with van der Waals surface area (Å²) in [7, 11) is 0. The molecule has 0 radical (unpaired) electrons. The molecule has 0 rings (SSSR count). The Morgan fingerprint density at radius 1 is 0.352 bits per heavy atom. The van der Waals surface area contributed by atoms with Crippen LogP contribution in [0.1, 0.15) is 206 Å². The van der Waals surface area contributed by atoms with Crippen LogP contribution in [0.25, 0.3) is 0 Å². The number of amides is 6. The van der Waals surface area contributed by atoms with E-state index >= 15 is 0 Å². The van der Waals surface area contributed by atoms with Crippen molar-refractivity contribution < 1.29 is 38.7 Å². The number of aliphatic carboxylic acids is 1. The summed E-state index contributed by atoms with van der Waals surface area (Å²) in [5, 5.41) is 26.2. The van der Waals surface area contributed by atoms with Gasteiger partial charge >= 0.3 is 5.97 Å². The lowest BCUT2D eigenvalue weighted by molar-refractivity contribution is -0.142. The molecule has 0 spiro atoms. The van der Waals surface area contributed by atoms with Crippen LogP contribution in [0.5, 0.6) is 0 Å². The van der Waals surface area contributed by atoms with Gasteiger partial charge in [-0.1, -0.05) is 96.8 Å². The van der Waals surface area contributed by atoms with Crippen LogP contribution in [0.3, 0.4) is 0 Å². The van der Waals surface area contributed by atoms with Gasteiger partial charge in [0.15, 0.2) is 0 Å². The van der Waals surface area contributed by atoms with E-state index in [-0.39, 0.29) is 50.2 Å². The van der Waals surface area contributed by atoms with Crippen LogP contribution >= 0.6 is 12.6 Å². The smallest absolute Gasteiger partial charge is 0.326 e. The molecule has 0 saturated heterocycles. The second-order valence-corrected chi connectivity index (χ2v) is 19.4. The van der Waals surface area contributed by atoms with E-state index in [1.807, 2.05) is 0 Å². The fourth-order valence-corrected chi connectivity index (χ4v) is 8.53. The van der Waals surface area contributed by atoms with Crippen LogP contribution in [0.4, 0.5) is 0 Å². The number of carboxylic acids is 1. The molecule has 0 aromatic carbocycles. The topological polar surface area (TPSA) is 342 Å². The third-order valence-corrected chi connectivity index (χ3v) is 13.1. The predicted octanol–water partition coefficient (Wildman–Crippen LogP) is 3.82. The Bertz CT molecular complexity index is 1430. The van der Waals surface area contributed by atoms with Crippen LogP contribution in [0.2, 0.25) is 0 Å². The molecule has 0 aromatic rings. The molecule has 0 saturated carbocycles. The molecule has 17 N–H and O–H groups in total. The molecule has 20 heteroatoms. The number of hydrogen-bond acceptors (Lipinski definition) is 13. The minimum atomic E-state index is -1.22. The number of carbonyl (C=O) groups excluding carboxylic acids is 6. The Hall–Kier alpha value is -3.56. The minimum absolute atomic E-state index is 0.00420. The van der Waals surface area contributed by atoms with Gasteiger partial charge < -0.3 is 65.7 Å². The number of rotatable bonds is 49. The van der Waals surface area contributed by atoms with E-state index in [4.69, 9.17) is 28.7 Å².